The lowest BCUT2D eigenvalue weighted by Gasteiger charge is -2.21. The maximum atomic E-state index is 12.3. The summed E-state index contributed by atoms with van der Waals surface area (Å²) in [5, 5.41) is 3.91. The van der Waals surface area contributed by atoms with Crippen LogP contribution >= 0.6 is 0 Å². The van der Waals surface area contributed by atoms with Gasteiger partial charge < -0.3 is 9.47 Å². The van der Waals surface area contributed by atoms with Crippen LogP contribution in [0.2, 0.25) is 0 Å². The first kappa shape index (κ1) is 23.2. The number of carbonyl (C=O) groups is 1. The minimum absolute atomic E-state index is 0.317. The quantitative estimate of drug-likeness (QED) is 0.484. The number of ether oxygens (including phenoxy) is 2. The molecular formula is C21H27N3O5S. The van der Waals surface area contributed by atoms with Gasteiger partial charge in [-0.3, -0.25) is 9.10 Å². The van der Waals surface area contributed by atoms with Crippen LogP contribution in [0, 0.1) is 0 Å². The second-order valence-electron chi connectivity index (χ2n) is 6.89. The molecule has 0 aliphatic heterocycles. The van der Waals surface area contributed by atoms with Gasteiger partial charge in [0.2, 0.25) is 10.0 Å². The molecule has 2 aromatic carbocycles. The molecule has 30 heavy (non-hydrogen) atoms. The Hall–Kier alpha value is -3.07. The predicted molar refractivity (Wildman–Crippen MR) is 118 cm³/mol. The lowest BCUT2D eigenvalue weighted by molar-refractivity contribution is -0.119. The summed E-state index contributed by atoms with van der Waals surface area (Å²) < 4.78 is 36.0. The van der Waals surface area contributed by atoms with Crippen LogP contribution < -0.4 is 19.2 Å². The first-order chi connectivity index (χ1) is 14.2. The number of anilines is 1. The molecule has 0 heterocycles. The largest absolute Gasteiger partial charge is 0.493 e. The standard InChI is InChI=1S/C21H27N3O5S/c1-15(2)16-9-11-18(12-10-16)24(30(5,26)27)14-20(25)23-22-13-17-7-6-8-19(28-3)21(17)29-4/h6-13,15H,14H2,1-5H3,(H,23,25)/b22-13-. The Morgan fingerprint density at radius 1 is 1.13 bits per heavy atom. The summed E-state index contributed by atoms with van der Waals surface area (Å²) in [6, 6.07) is 12.3. The van der Waals surface area contributed by atoms with Gasteiger partial charge in [-0.25, -0.2) is 13.8 Å². The van der Waals surface area contributed by atoms with Gasteiger partial charge in [0.1, 0.15) is 6.54 Å². The zero-order chi connectivity index (χ0) is 22.3. The number of amides is 1. The number of sulfonamides is 1. The van der Waals surface area contributed by atoms with E-state index in [1.807, 2.05) is 26.0 Å². The van der Waals surface area contributed by atoms with E-state index in [4.69, 9.17) is 9.47 Å². The Morgan fingerprint density at radius 3 is 2.33 bits per heavy atom. The van der Waals surface area contributed by atoms with Crippen LogP contribution in [0.4, 0.5) is 5.69 Å². The molecule has 8 nitrogen and oxygen atoms in total. The lowest BCUT2D eigenvalue weighted by Crippen LogP contribution is -2.39. The molecular weight excluding hydrogens is 406 g/mol. The fourth-order valence-electron chi connectivity index (χ4n) is 2.78. The van der Waals surface area contributed by atoms with Crippen LogP contribution in [-0.2, 0) is 14.8 Å². The molecule has 0 aromatic heterocycles. The van der Waals surface area contributed by atoms with Crippen LogP contribution in [-0.4, -0.2) is 47.6 Å². The van der Waals surface area contributed by atoms with E-state index >= 15 is 0 Å². The third-order valence-corrected chi connectivity index (χ3v) is 5.50. The van der Waals surface area contributed by atoms with Gasteiger partial charge >= 0.3 is 0 Å². The smallest absolute Gasteiger partial charge is 0.260 e. The average molecular weight is 434 g/mol. The Morgan fingerprint density at radius 2 is 1.80 bits per heavy atom. The number of carbonyl (C=O) groups excluding carboxylic acids is 1. The molecule has 2 aromatic rings. The van der Waals surface area contributed by atoms with E-state index in [-0.39, 0.29) is 0 Å². The second-order valence-corrected chi connectivity index (χ2v) is 8.80. The zero-order valence-electron chi connectivity index (χ0n) is 17.7. The van der Waals surface area contributed by atoms with E-state index in [2.05, 4.69) is 10.5 Å². The molecule has 0 unspecified atom stereocenters. The molecule has 9 heteroatoms. The minimum atomic E-state index is -3.66. The van der Waals surface area contributed by atoms with Gasteiger partial charge in [0.15, 0.2) is 11.5 Å². The molecule has 0 saturated carbocycles. The van der Waals surface area contributed by atoms with Crippen molar-refractivity contribution in [1.82, 2.24) is 5.43 Å². The molecule has 0 saturated heterocycles. The van der Waals surface area contributed by atoms with Crippen molar-refractivity contribution in [2.75, 3.05) is 31.3 Å². The molecule has 1 amide bonds. The van der Waals surface area contributed by atoms with Crippen LogP contribution in [0.25, 0.3) is 0 Å². The summed E-state index contributed by atoms with van der Waals surface area (Å²) in [6.45, 7) is 3.70. The van der Waals surface area contributed by atoms with Gasteiger partial charge in [-0.05, 0) is 35.7 Å². The van der Waals surface area contributed by atoms with Crippen molar-refractivity contribution >= 4 is 27.8 Å². The highest BCUT2D eigenvalue weighted by molar-refractivity contribution is 7.92. The van der Waals surface area contributed by atoms with E-state index in [1.165, 1.54) is 20.4 Å². The fourth-order valence-corrected chi connectivity index (χ4v) is 3.64. The normalized spacial score (nSPS) is 11.5. The van der Waals surface area contributed by atoms with E-state index in [1.54, 1.807) is 30.3 Å². The Bertz CT molecular complexity index is 1000. The highest BCUT2D eigenvalue weighted by Crippen LogP contribution is 2.29. The number of rotatable bonds is 9. The van der Waals surface area contributed by atoms with Crippen molar-refractivity contribution in [1.29, 1.82) is 0 Å². The van der Waals surface area contributed by atoms with E-state index in [9.17, 15) is 13.2 Å². The van der Waals surface area contributed by atoms with Crippen molar-refractivity contribution < 1.29 is 22.7 Å². The number of methoxy groups -OCH3 is 2. The molecule has 2 rings (SSSR count). The van der Waals surface area contributed by atoms with Crippen LogP contribution in [0.3, 0.4) is 0 Å². The number of nitrogens with zero attached hydrogens (tertiary/aromatic N) is 2. The zero-order valence-corrected chi connectivity index (χ0v) is 18.6. The minimum Gasteiger partial charge on any atom is -0.493 e. The fraction of sp³-hybridized carbons (Fsp3) is 0.333. The maximum absolute atomic E-state index is 12.3. The van der Waals surface area contributed by atoms with Gasteiger partial charge in [-0.2, -0.15) is 5.10 Å². The summed E-state index contributed by atoms with van der Waals surface area (Å²) in [7, 11) is -0.635. The first-order valence-corrected chi connectivity index (χ1v) is 11.1. The lowest BCUT2D eigenvalue weighted by atomic mass is 10.0. The summed E-state index contributed by atoms with van der Waals surface area (Å²) in [5.41, 5.74) is 4.44. The highest BCUT2D eigenvalue weighted by Gasteiger charge is 2.21. The molecule has 0 bridgehead atoms. The molecule has 0 radical (unpaired) electrons. The molecule has 0 aliphatic carbocycles. The first-order valence-electron chi connectivity index (χ1n) is 9.28. The molecule has 0 fully saturated rings. The topological polar surface area (TPSA) is 97.3 Å². The van der Waals surface area contributed by atoms with Gasteiger partial charge in [0.05, 0.1) is 32.4 Å². The molecule has 1 N–H and O–H groups in total. The number of hydrogen-bond acceptors (Lipinski definition) is 6. The van der Waals surface area contributed by atoms with Crippen LogP contribution in [0.1, 0.15) is 30.9 Å². The molecule has 0 atom stereocenters. The van der Waals surface area contributed by atoms with E-state index < -0.39 is 22.5 Å². The van der Waals surface area contributed by atoms with Gasteiger partial charge in [0, 0.05) is 5.56 Å². The number of nitrogens with one attached hydrogen (secondary N) is 1. The molecule has 0 spiro atoms. The van der Waals surface area contributed by atoms with Crippen molar-refractivity contribution in [2.24, 2.45) is 5.10 Å². The number of hydrazone groups is 1. The van der Waals surface area contributed by atoms with E-state index in [0.717, 1.165) is 16.1 Å². The Balaban J connectivity index is 2.13. The number of hydrogen-bond donors (Lipinski definition) is 1. The summed E-state index contributed by atoms with van der Waals surface area (Å²) in [5.74, 6) is 0.741. The van der Waals surface area contributed by atoms with Crippen molar-refractivity contribution in [2.45, 2.75) is 19.8 Å². The van der Waals surface area contributed by atoms with Gasteiger partial charge in [-0.1, -0.05) is 32.0 Å². The summed E-state index contributed by atoms with van der Waals surface area (Å²) in [4.78, 5) is 12.3. The van der Waals surface area contributed by atoms with E-state index in [0.29, 0.717) is 28.7 Å². The van der Waals surface area contributed by atoms with Crippen molar-refractivity contribution in [3.05, 3.63) is 53.6 Å². The molecule has 162 valence electrons. The third-order valence-electron chi connectivity index (χ3n) is 4.36. The Kier molecular flexibility index (Phi) is 7.82. The second kappa shape index (κ2) is 10.1. The summed E-state index contributed by atoms with van der Waals surface area (Å²) >= 11 is 0. The SMILES string of the molecule is COc1cccc(/C=N\NC(=O)CN(c2ccc(C(C)C)cc2)S(C)(=O)=O)c1OC. The van der Waals surface area contributed by atoms with Crippen LogP contribution in [0.15, 0.2) is 47.6 Å². The third kappa shape index (κ3) is 5.96. The van der Waals surface area contributed by atoms with Gasteiger partial charge in [0.25, 0.3) is 5.91 Å². The van der Waals surface area contributed by atoms with Crippen molar-refractivity contribution in [3.63, 3.8) is 0 Å². The van der Waals surface area contributed by atoms with Crippen LogP contribution in [0.5, 0.6) is 11.5 Å². The number of para-hydroxylation sites is 1. The average Bonchev–Trinajstić information content (AvgIpc) is 2.71. The monoisotopic (exact) mass is 433 g/mol. The summed E-state index contributed by atoms with van der Waals surface area (Å²) in [6.07, 6.45) is 2.46. The molecule has 0 aliphatic rings. The highest BCUT2D eigenvalue weighted by atomic mass is 32.2. The maximum Gasteiger partial charge on any atom is 0.260 e. The Labute approximate surface area is 177 Å². The van der Waals surface area contributed by atoms with Gasteiger partial charge in [-0.15, -0.1) is 0 Å². The van der Waals surface area contributed by atoms with Crippen molar-refractivity contribution in [3.8, 4) is 11.5 Å². The number of benzene rings is 2. The predicted octanol–water partition coefficient (Wildman–Crippen LogP) is 2.74.